The number of hydrogen-bond donors (Lipinski definition) is 1. The Kier molecular flexibility index (Phi) is 6.40. The van der Waals surface area contributed by atoms with Crippen molar-refractivity contribution in [1.29, 1.82) is 0 Å². The van der Waals surface area contributed by atoms with Crippen LogP contribution in [-0.4, -0.2) is 25.7 Å². The van der Waals surface area contributed by atoms with Crippen molar-refractivity contribution in [2.45, 2.75) is 13.2 Å². The molecule has 0 saturated heterocycles. The lowest BCUT2D eigenvalue weighted by atomic mass is 10.1. The first-order chi connectivity index (χ1) is 16.8. The van der Waals surface area contributed by atoms with Crippen LogP contribution in [0.2, 0.25) is 0 Å². The molecule has 2 aromatic carbocycles. The second kappa shape index (κ2) is 10.1. The summed E-state index contributed by atoms with van der Waals surface area (Å²) in [6, 6.07) is 20.8. The van der Waals surface area contributed by atoms with Crippen LogP contribution in [0, 0.1) is 0 Å². The Morgan fingerprint density at radius 1 is 1.03 bits per heavy atom. The molecule has 0 atom stereocenters. The number of thiazole rings is 1. The molecule has 0 spiro atoms. The van der Waals surface area contributed by atoms with Gasteiger partial charge in [0.05, 0.1) is 22.6 Å². The first-order valence-electron chi connectivity index (χ1n) is 10.7. The molecule has 5 rings (SSSR count). The highest BCUT2D eigenvalue weighted by Crippen LogP contribution is 2.23. The standard InChI is InChI=1S/C26H21N5O2S/c32-26(20-5-4-8-24(13-20)33-16-22-17-34-18-29-22)28-14-21-15-31(23-6-2-1-3-7-23)30-25(21)19-9-11-27-12-10-19/h1-13,15,17-18H,14,16H2,(H,28,32). The number of para-hydroxylation sites is 1. The SMILES string of the molecule is O=C(NCc1cn(-c2ccccc2)nc1-c1ccncc1)c1cccc(OCc2cscn2)c1. The molecule has 0 saturated carbocycles. The Hall–Kier alpha value is -4.30. The number of amides is 1. The van der Waals surface area contributed by atoms with Gasteiger partial charge in [-0.3, -0.25) is 9.78 Å². The fraction of sp³-hybridized carbons (Fsp3) is 0.0769. The lowest BCUT2D eigenvalue weighted by Gasteiger charge is -2.08. The average Bonchev–Trinajstić information content (AvgIpc) is 3.58. The fourth-order valence-electron chi connectivity index (χ4n) is 3.48. The molecule has 0 unspecified atom stereocenters. The molecule has 3 heterocycles. The van der Waals surface area contributed by atoms with Crippen molar-refractivity contribution in [3.63, 3.8) is 0 Å². The monoisotopic (exact) mass is 467 g/mol. The van der Waals surface area contributed by atoms with Crippen LogP contribution in [0.5, 0.6) is 5.75 Å². The van der Waals surface area contributed by atoms with Gasteiger partial charge in [-0.25, -0.2) is 9.67 Å². The summed E-state index contributed by atoms with van der Waals surface area (Å²) in [6.07, 6.45) is 5.41. The predicted molar refractivity (Wildman–Crippen MR) is 131 cm³/mol. The number of aromatic nitrogens is 4. The number of benzene rings is 2. The Bertz CT molecular complexity index is 1370. The van der Waals surface area contributed by atoms with E-state index >= 15 is 0 Å². The molecule has 0 aliphatic carbocycles. The van der Waals surface area contributed by atoms with Crippen LogP contribution in [0.25, 0.3) is 16.9 Å². The van der Waals surface area contributed by atoms with Gasteiger partial charge in [0.15, 0.2) is 0 Å². The minimum absolute atomic E-state index is 0.188. The summed E-state index contributed by atoms with van der Waals surface area (Å²) < 4.78 is 7.60. The van der Waals surface area contributed by atoms with E-state index in [0.717, 1.165) is 28.2 Å². The Morgan fingerprint density at radius 3 is 2.68 bits per heavy atom. The molecule has 1 amide bonds. The van der Waals surface area contributed by atoms with Gasteiger partial charge in [0.1, 0.15) is 12.4 Å². The van der Waals surface area contributed by atoms with Crippen molar-refractivity contribution in [1.82, 2.24) is 25.1 Å². The molecule has 34 heavy (non-hydrogen) atoms. The van der Waals surface area contributed by atoms with Crippen molar-refractivity contribution in [3.05, 3.63) is 113 Å². The summed E-state index contributed by atoms with van der Waals surface area (Å²) >= 11 is 1.52. The van der Waals surface area contributed by atoms with Gasteiger partial charge in [0.2, 0.25) is 0 Å². The van der Waals surface area contributed by atoms with Crippen LogP contribution in [0.3, 0.4) is 0 Å². The molecular weight excluding hydrogens is 446 g/mol. The molecular formula is C26H21N5O2S. The average molecular weight is 468 g/mol. The summed E-state index contributed by atoms with van der Waals surface area (Å²) in [7, 11) is 0. The van der Waals surface area contributed by atoms with Crippen LogP contribution < -0.4 is 10.1 Å². The second-order valence-electron chi connectivity index (χ2n) is 7.50. The number of nitrogens with zero attached hydrogens (tertiary/aromatic N) is 4. The molecule has 0 aliphatic heterocycles. The van der Waals surface area contributed by atoms with E-state index in [0.29, 0.717) is 24.5 Å². The van der Waals surface area contributed by atoms with Crippen molar-refractivity contribution in [3.8, 4) is 22.7 Å². The summed E-state index contributed by atoms with van der Waals surface area (Å²) in [5.74, 6) is 0.433. The van der Waals surface area contributed by atoms with Gasteiger partial charge in [-0.15, -0.1) is 11.3 Å². The minimum Gasteiger partial charge on any atom is -0.487 e. The molecule has 0 aliphatic rings. The van der Waals surface area contributed by atoms with E-state index < -0.39 is 0 Å². The third-order valence-corrected chi connectivity index (χ3v) is 5.81. The van der Waals surface area contributed by atoms with Crippen LogP contribution in [0.4, 0.5) is 0 Å². The zero-order chi connectivity index (χ0) is 23.2. The molecule has 0 fully saturated rings. The first-order valence-corrected chi connectivity index (χ1v) is 11.6. The number of pyridine rings is 1. The number of hydrogen-bond acceptors (Lipinski definition) is 6. The van der Waals surface area contributed by atoms with Crippen LogP contribution in [0.15, 0.2) is 96.2 Å². The lowest BCUT2D eigenvalue weighted by molar-refractivity contribution is 0.0950. The number of ether oxygens (including phenoxy) is 1. The van der Waals surface area contributed by atoms with Crippen molar-refractivity contribution >= 4 is 17.2 Å². The van der Waals surface area contributed by atoms with Gasteiger partial charge in [0, 0.05) is 47.2 Å². The van der Waals surface area contributed by atoms with E-state index in [-0.39, 0.29) is 5.91 Å². The molecule has 7 nitrogen and oxygen atoms in total. The maximum Gasteiger partial charge on any atom is 0.251 e. The molecule has 168 valence electrons. The summed E-state index contributed by atoms with van der Waals surface area (Å²) in [5.41, 5.74) is 6.73. The zero-order valence-electron chi connectivity index (χ0n) is 18.2. The van der Waals surface area contributed by atoms with Gasteiger partial charge in [-0.05, 0) is 42.5 Å². The smallest absolute Gasteiger partial charge is 0.251 e. The molecule has 0 bridgehead atoms. The van der Waals surface area contributed by atoms with E-state index in [1.54, 1.807) is 36.1 Å². The van der Waals surface area contributed by atoms with Crippen molar-refractivity contribution < 1.29 is 9.53 Å². The van der Waals surface area contributed by atoms with Gasteiger partial charge in [0.25, 0.3) is 5.91 Å². The van der Waals surface area contributed by atoms with Gasteiger partial charge in [-0.1, -0.05) is 24.3 Å². The van der Waals surface area contributed by atoms with Gasteiger partial charge in [-0.2, -0.15) is 5.10 Å². The highest BCUT2D eigenvalue weighted by Gasteiger charge is 2.14. The Labute approximate surface area is 200 Å². The summed E-state index contributed by atoms with van der Waals surface area (Å²) in [5, 5.41) is 9.73. The van der Waals surface area contributed by atoms with E-state index in [9.17, 15) is 4.79 Å². The number of carbonyl (C=O) groups is 1. The summed E-state index contributed by atoms with van der Waals surface area (Å²) in [6.45, 7) is 0.690. The first kappa shape index (κ1) is 21.5. The minimum atomic E-state index is -0.188. The van der Waals surface area contributed by atoms with E-state index in [2.05, 4.69) is 15.3 Å². The number of nitrogens with one attached hydrogen (secondary N) is 1. The number of carbonyl (C=O) groups excluding carboxylic acids is 1. The lowest BCUT2D eigenvalue weighted by Crippen LogP contribution is -2.22. The predicted octanol–water partition coefficient (Wildman–Crippen LogP) is 4.90. The highest BCUT2D eigenvalue weighted by atomic mass is 32.1. The molecule has 8 heteroatoms. The molecule has 0 radical (unpaired) electrons. The largest absolute Gasteiger partial charge is 0.487 e. The third kappa shape index (κ3) is 5.02. The fourth-order valence-corrected chi connectivity index (χ4v) is 4.02. The van der Waals surface area contributed by atoms with Gasteiger partial charge >= 0.3 is 0 Å². The second-order valence-corrected chi connectivity index (χ2v) is 8.22. The Morgan fingerprint density at radius 2 is 1.88 bits per heavy atom. The maximum absolute atomic E-state index is 12.9. The van der Waals surface area contributed by atoms with E-state index in [1.165, 1.54) is 11.3 Å². The highest BCUT2D eigenvalue weighted by molar-refractivity contribution is 7.07. The molecule has 5 aromatic rings. The zero-order valence-corrected chi connectivity index (χ0v) is 19.0. The molecule has 3 aromatic heterocycles. The van der Waals surface area contributed by atoms with Crippen LogP contribution in [-0.2, 0) is 13.2 Å². The van der Waals surface area contributed by atoms with Gasteiger partial charge < -0.3 is 10.1 Å². The summed E-state index contributed by atoms with van der Waals surface area (Å²) in [4.78, 5) is 21.2. The van der Waals surface area contributed by atoms with Crippen LogP contribution in [0.1, 0.15) is 21.6 Å². The topological polar surface area (TPSA) is 81.9 Å². The van der Waals surface area contributed by atoms with Crippen molar-refractivity contribution in [2.75, 3.05) is 0 Å². The quantitative estimate of drug-likeness (QED) is 0.351. The Balaban J connectivity index is 1.33. The van der Waals surface area contributed by atoms with Crippen molar-refractivity contribution in [2.24, 2.45) is 0 Å². The number of rotatable bonds is 8. The molecule has 1 N–H and O–H groups in total. The van der Waals surface area contributed by atoms with Crippen LogP contribution >= 0.6 is 11.3 Å². The normalized spacial score (nSPS) is 10.7. The third-order valence-electron chi connectivity index (χ3n) is 5.17. The maximum atomic E-state index is 12.9. The van der Waals surface area contributed by atoms with E-state index in [1.807, 2.05) is 64.8 Å². The van der Waals surface area contributed by atoms with E-state index in [4.69, 9.17) is 9.84 Å².